The van der Waals surface area contributed by atoms with Crippen LogP contribution in [-0.2, 0) is 21.1 Å². The molecule has 0 bridgehead atoms. The Morgan fingerprint density at radius 1 is 1.33 bits per heavy atom. The molecule has 1 aromatic carbocycles. The molecule has 1 aliphatic carbocycles. The van der Waals surface area contributed by atoms with Crippen molar-refractivity contribution in [3.63, 3.8) is 0 Å². The predicted molar refractivity (Wildman–Crippen MR) is 84.1 cm³/mol. The maximum Gasteiger partial charge on any atom is 0.220 e. The van der Waals surface area contributed by atoms with Crippen molar-refractivity contribution in [2.75, 3.05) is 12.3 Å². The van der Waals surface area contributed by atoms with Gasteiger partial charge in [-0.05, 0) is 43.7 Å². The van der Waals surface area contributed by atoms with Crippen LogP contribution in [0.1, 0.15) is 43.7 Å². The van der Waals surface area contributed by atoms with Crippen molar-refractivity contribution in [3.05, 3.63) is 35.4 Å². The fourth-order valence-electron chi connectivity index (χ4n) is 2.72. The number of fused-ring (bicyclic) bond motifs is 1. The second kappa shape index (κ2) is 6.60. The second-order valence-corrected chi connectivity index (χ2v) is 8.58. The maximum atomic E-state index is 12.0. The molecule has 4 nitrogen and oxygen atoms in total. The Morgan fingerprint density at radius 2 is 2.05 bits per heavy atom. The normalized spacial score (nSPS) is 17.8. The fourth-order valence-corrected chi connectivity index (χ4v) is 3.58. The predicted octanol–water partition coefficient (Wildman–Crippen LogP) is 2.05. The monoisotopic (exact) mass is 309 g/mol. The van der Waals surface area contributed by atoms with E-state index in [-0.39, 0.29) is 24.1 Å². The smallest absolute Gasteiger partial charge is 0.220 e. The highest BCUT2D eigenvalue weighted by Crippen LogP contribution is 2.34. The Bertz CT molecular complexity index is 608. The lowest BCUT2D eigenvalue weighted by Gasteiger charge is -2.12. The minimum atomic E-state index is -3.08. The molecular formula is C16H23NO3S. The summed E-state index contributed by atoms with van der Waals surface area (Å²) in [7, 11) is -3.08. The first-order valence-electron chi connectivity index (χ1n) is 7.46. The van der Waals surface area contributed by atoms with Crippen molar-refractivity contribution in [2.45, 2.75) is 44.3 Å². The van der Waals surface area contributed by atoms with Crippen LogP contribution in [0.25, 0.3) is 0 Å². The van der Waals surface area contributed by atoms with Gasteiger partial charge in [-0.25, -0.2) is 8.42 Å². The number of hydrogen-bond donors (Lipinski definition) is 1. The number of benzene rings is 1. The van der Waals surface area contributed by atoms with E-state index in [1.54, 1.807) is 13.8 Å². The average molecular weight is 309 g/mol. The lowest BCUT2D eigenvalue weighted by Crippen LogP contribution is -2.32. The van der Waals surface area contributed by atoms with E-state index in [0.29, 0.717) is 6.42 Å². The largest absolute Gasteiger partial charge is 0.355 e. The molecule has 0 fully saturated rings. The number of carbonyl (C=O) groups excluding carboxylic acids is 1. The topological polar surface area (TPSA) is 63.2 Å². The SMILES string of the molecule is CC(C)S(=O)(=O)CCNC(=O)C[C@H]1CCc2ccccc21. The van der Waals surface area contributed by atoms with Crippen LogP contribution < -0.4 is 5.32 Å². The second-order valence-electron chi connectivity index (χ2n) is 5.90. The van der Waals surface area contributed by atoms with Crippen LogP contribution in [0.4, 0.5) is 0 Å². The van der Waals surface area contributed by atoms with Gasteiger partial charge >= 0.3 is 0 Å². The Hall–Kier alpha value is -1.36. The van der Waals surface area contributed by atoms with Gasteiger partial charge in [0, 0.05) is 13.0 Å². The standard InChI is InChI=1S/C16H23NO3S/c1-12(2)21(19,20)10-9-17-16(18)11-14-8-7-13-5-3-4-6-15(13)14/h3-6,12,14H,7-11H2,1-2H3,(H,17,18)/t14-/m1/s1. The van der Waals surface area contributed by atoms with Gasteiger partial charge in [-0.3, -0.25) is 4.79 Å². The quantitative estimate of drug-likeness (QED) is 0.874. The molecule has 116 valence electrons. The van der Waals surface area contributed by atoms with Crippen molar-refractivity contribution in [3.8, 4) is 0 Å². The molecule has 0 unspecified atom stereocenters. The summed E-state index contributed by atoms with van der Waals surface area (Å²) in [6.07, 6.45) is 2.46. The lowest BCUT2D eigenvalue weighted by molar-refractivity contribution is -0.121. The summed E-state index contributed by atoms with van der Waals surface area (Å²) in [5.74, 6) is 0.219. The van der Waals surface area contributed by atoms with Crippen molar-refractivity contribution in [1.29, 1.82) is 0 Å². The van der Waals surface area contributed by atoms with E-state index in [2.05, 4.69) is 17.4 Å². The lowest BCUT2D eigenvalue weighted by atomic mass is 9.97. The third kappa shape index (κ3) is 4.06. The molecule has 0 saturated heterocycles. The zero-order valence-electron chi connectivity index (χ0n) is 12.6. The molecule has 0 aliphatic heterocycles. The Labute approximate surface area is 126 Å². The summed E-state index contributed by atoms with van der Waals surface area (Å²) in [6, 6.07) is 8.23. The first kappa shape index (κ1) is 16.0. The van der Waals surface area contributed by atoms with E-state index < -0.39 is 15.1 Å². The van der Waals surface area contributed by atoms with Gasteiger partial charge in [0.25, 0.3) is 0 Å². The summed E-state index contributed by atoms with van der Waals surface area (Å²) in [5, 5.41) is 2.34. The van der Waals surface area contributed by atoms with Crippen LogP contribution in [0.5, 0.6) is 0 Å². The molecule has 1 atom stereocenters. The molecule has 5 heteroatoms. The number of hydrogen-bond acceptors (Lipinski definition) is 3. The van der Waals surface area contributed by atoms with E-state index in [1.807, 2.05) is 12.1 Å². The van der Waals surface area contributed by atoms with E-state index in [0.717, 1.165) is 12.8 Å². The van der Waals surface area contributed by atoms with Crippen LogP contribution in [0.2, 0.25) is 0 Å². The van der Waals surface area contributed by atoms with Crippen LogP contribution in [0.3, 0.4) is 0 Å². The van der Waals surface area contributed by atoms with Crippen molar-refractivity contribution in [2.24, 2.45) is 0 Å². The molecule has 1 aliphatic rings. The van der Waals surface area contributed by atoms with Gasteiger partial charge < -0.3 is 5.32 Å². The molecule has 0 aromatic heterocycles. The van der Waals surface area contributed by atoms with Gasteiger partial charge in [-0.15, -0.1) is 0 Å². The highest BCUT2D eigenvalue weighted by atomic mass is 32.2. The van der Waals surface area contributed by atoms with Crippen LogP contribution in [-0.4, -0.2) is 31.9 Å². The molecule has 2 rings (SSSR count). The summed E-state index contributed by atoms with van der Waals surface area (Å²) < 4.78 is 23.3. The van der Waals surface area contributed by atoms with Crippen molar-refractivity contribution in [1.82, 2.24) is 5.32 Å². The molecule has 0 saturated carbocycles. The van der Waals surface area contributed by atoms with Gasteiger partial charge in [-0.1, -0.05) is 24.3 Å². The number of carbonyl (C=O) groups is 1. The van der Waals surface area contributed by atoms with E-state index in [1.165, 1.54) is 11.1 Å². The zero-order valence-corrected chi connectivity index (χ0v) is 13.4. The molecule has 21 heavy (non-hydrogen) atoms. The summed E-state index contributed by atoms with van der Waals surface area (Å²) in [6.45, 7) is 3.52. The van der Waals surface area contributed by atoms with Crippen LogP contribution in [0.15, 0.2) is 24.3 Å². The van der Waals surface area contributed by atoms with E-state index in [9.17, 15) is 13.2 Å². The number of rotatable bonds is 6. The zero-order chi connectivity index (χ0) is 15.5. The summed E-state index contributed by atoms with van der Waals surface area (Å²) in [5.41, 5.74) is 2.60. The van der Waals surface area contributed by atoms with Gasteiger partial charge in [0.05, 0.1) is 11.0 Å². The summed E-state index contributed by atoms with van der Waals surface area (Å²) in [4.78, 5) is 12.0. The third-order valence-corrected chi connectivity index (χ3v) is 6.33. The van der Waals surface area contributed by atoms with Gasteiger partial charge in [0.15, 0.2) is 9.84 Å². The first-order chi connectivity index (χ1) is 9.90. The maximum absolute atomic E-state index is 12.0. The molecule has 0 heterocycles. The van der Waals surface area contributed by atoms with Crippen LogP contribution >= 0.6 is 0 Å². The minimum absolute atomic E-state index is 0.0116. The first-order valence-corrected chi connectivity index (χ1v) is 9.18. The Balaban J connectivity index is 1.82. The molecule has 1 amide bonds. The van der Waals surface area contributed by atoms with Crippen molar-refractivity contribution < 1.29 is 13.2 Å². The minimum Gasteiger partial charge on any atom is -0.355 e. The Morgan fingerprint density at radius 3 is 2.76 bits per heavy atom. The molecule has 1 N–H and O–H groups in total. The Kier molecular flexibility index (Phi) is 5.04. The van der Waals surface area contributed by atoms with E-state index >= 15 is 0 Å². The number of amides is 1. The molecule has 0 radical (unpaired) electrons. The number of nitrogens with one attached hydrogen (secondary N) is 1. The average Bonchev–Trinajstić information content (AvgIpc) is 2.82. The number of aryl methyl sites for hydroxylation is 1. The molecule has 0 spiro atoms. The number of sulfone groups is 1. The molecule has 1 aromatic rings. The third-order valence-electron chi connectivity index (χ3n) is 4.12. The summed E-state index contributed by atoms with van der Waals surface area (Å²) >= 11 is 0. The molecular weight excluding hydrogens is 286 g/mol. The fraction of sp³-hybridized carbons (Fsp3) is 0.562. The van der Waals surface area contributed by atoms with Crippen molar-refractivity contribution >= 4 is 15.7 Å². The van der Waals surface area contributed by atoms with E-state index in [4.69, 9.17) is 0 Å². The van der Waals surface area contributed by atoms with Crippen LogP contribution in [0, 0.1) is 0 Å². The highest BCUT2D eigenvalue weighted by molar-refractivity contribution is 7.92. The highest BCUT2D eigenvalue weighted by Gasteiger charge is 2.24. The van der Waals surface area contributed by atoms with Gasteiger partial charge in [-0.2, -0.15) is 0 Å². The van der Waals surface area contributed by atoms with Gasteiger partial charge in [0.2, 0.25) is 5.91 Å². The van der Waals surface area contributed by atoms with Gasteiger partial charge in [0.1, 0.15) is 0 Å².